The number of esters is 1. The molecule has 1 saturated heterocycles. The maximum Gasteiger partial charge on any atom is 0.416 e. The highest BCUT2D eigenvalue weighted by Crippen LogP contribution is 2.37. The number of nitrogens with one attached hydrogen (secondary N) is 2. The molecule has 0 unspecified atom stereocenters. The van der Waals surface area contributed by atoms with E-state index >= 15 is 0 Å². The zero-order chi connectivity index (χ0) is 36.1. The Bertz CT molecular complexity index is 1930. The topological polar surface area (TPSA) is 117 Å². The van der Waals surface area contributed by atoms with Gasteiger partial charge in [0.25, 0.3) is 0 Å². The molecule has 0 radical (unpaired) electrons. The number of alkyl halides is 3. The summed E-state index contributed by atoms with van der Waals surface area (Å²) < 4.78 is 68.9. The van der Waals surface area contributed by atoms with Crippen molar-refractivity contribution >= 4 is 23.3 Å². The molecular formula is C38H38F3N3O7. The van der Waals surface area contributed by atoms with Crippen molar-refractivity contribution in [1.82, 2.24) is 4.98 Å². The second-order valence-corrected chi connectivity index (χ2v) is 12.3. The van der Waals surface area contributed by atoms with Crippen molar-refractivity contribution in [3.05, 3.63) is 94.0 Å². The predicted octanol–water partition coefficient (Wildman–Crippen LogP) is 7.16. The zero-order valence-electron chi connectivity index (χ0n) is 28.4. The van der Waals surface area contributed by atoms with Gasteiger partial charge in [0.05, 0.1) is 55.9 Å². The van der Waals surface area contributed by atoms with Crippen LogP contribution in [0.15, 0.2) is 60.7 Å². The van der Waals surface area contributed by atoms with Crippen LogP contribution in [0, 0.1) is 6.92 Å². The van der Waals surface area contributed by atoms with Crippen LogP contribution in [0.5, 0.6) is 17.4 Å². The molecule has 0 spiro atoms. The molecule has 6 rings (SSSR count). The molecule has 2 N–H and O–H groups in total. The third kappa shape index (κ3) is 8.37. The average molecular weight is 706 g/mol. The number of rotatable bonds is 8. The molecule has 13 heteroatoms. The minimum absolute atomic E-state index is 0.00143. The molecular weight excluding hydrogens is 667 g/mol. The Kier molecular flexibility index (Phi) is 10.7. The Labute approximate surface area is 293 Å². The molecule has 3 heterocycles. The van der Waals surface area contributed by atoms with E-state index < -0.39 is 17.7 Å². The number of ether oxygens (including phenoxy) is 5. The lowest BCUT2D eigenvalue weighted by Crippen LogP contribution is -2.33. The normalized spacial score (nSPS) is 15.5. The van der Waals surface area contributed by atoms with Crippen LogP contribution < -0.4 is 24.8 Å². The molecule has 0 saturated carbocycles. The highest BCUT2D eigenvalue weighted by atomic mass is 19.4. The molecule has 10 nitrogen and oxygen atoms in total. The fourth-order valence-electron chi connectivity index (χ4n) is 6.02. The molecule has 1 atom stereocenters. The number of carbonyl (C=O) groups is 2. The Morgan fingerprint density at radius 1 is 1.00 bits per heavy atom. The number of aryl methyl sites for hydroxylation is 2. The summed E-state index contributed by atoms with van der Waals surface area (Å²) in [6.45, 7) is 3.28. The lowest BCUT2D eigenvalue weighted by molar-refractivity contribution is -0.137. The van der Waals surface area contributed by atoms with E-state index in [0.717, 1.165) is 29.7 Å². The Balaban J connectivity index is 1.29. The van der Waals surface area contributed by atoms with E-state index in [1.165, 1.54) is 26.4 Å². The van der Waals surface area contributed by atoms with Crippen LogP contribution in [0.2, 0.25) is 0 Å². The summed E-state index contributed by atoms with van der Waals surface area (Å²) >= 11 is 0. The molecule has 2 aliphatic heterocycles. The molecule has 0 aliphatic carbocycles. The molecule has 1 fully saturated rings. The second kappa shape index (κ2) is 15.3. The third-order valence-electron chi connectivity index (χ3n) is 8.84. The van der Waals surface area contributed by atoms with Gasteiger partial charge in [0.1, 0.15) is 23.8 Å². The Morgan fingerprint density at radius 3 is 2.55 bits per heavy atom. The van der Waals surface area contributed by atoms with Crippen LogP contribution in [0.3, 0.4) is 0 Å². The maximum atomic E-state index is 13.7. The number of amides is 1. The van der Waals surface area contributed by atoms with Gasteiger partial charge in [-0.25, -0.2) is 9.78 Å². The van der Waals surface area contributed by atoms with Crippen molar-refractivity contribution in [3.8, 4) is 28.6 Å². The van der Waals surface area contributed by atoms with Gasteiger partial charge in [-0.15, -0.1) is 0 Å². The van der Waals surface area contributed by atoms with Gasteiger partial charge in [0, 0.05) is 30.3 Å². The van der Waals surface area contributed by atoms with Gasteiger partial charge in [-0.2, -0.15) is 13.2 Å². The summed E-state index contributed by atoms with van der Waals surface area (Å²) in [6, 6.07) is 15.7. The van der Waals surface area contributed by atoms with Gasteiger partial charge < -0.3 is 34.3 Å². The van der Waals surface area contributed by atoms with Crippen molar-refractivity contribution in [2.24, 2.45) is 0 Å². The molecule has 1 amide bonds. The van der Waals surface area contributed by atoms with Gasteiger partial charge >= 0.3 is 12.1 Å². The van der Waals surface area contributed by atoms with Crippen LogP contribution in [0.4, 0.5) is 24.5 Å². The summed E-state index contributed by atoms with van der Waals surface area (Å²) in [5, 5.41) is 6.21. The quantitative estimate of drug-likeness (QED) is 0.184. The van der Waals surface area contributed by atoms with Gasteiger partial charge in [0.2, 0.25) is 11.8 Å². The molecule has 268 valence electrons. The van der Waals surface area contributed by atoms with Crippen LogP contribution >= 0.6 is 0 Å². The number of fused-ring (bicyclic) bond motifs is 6. The van der Waals surface area contributed by atoms with Crippen molar-refractivity contribution in [1.29, 1.82) is 0 Å². The fourth-order valence-corrected chi connectivity index (χ4v) is 6.02. The first-order valence-corrected chi connectivity index (χ1v) is 16.5. The minimum Gasteiger partial charge on any atom is -0.494 e. The van der Waals surface area contributed by atoms with E-state index in [1.54, 1.807) is 18.2 Å². The number of nitrogens with zero attached hydrogens (tertiary/aromatic N) is 1. The fraction of sp³-hybridized carbons (Fsp3) is 0.342. The lowest BCUT2D eigenvalue weighted by atomic mass is 9.98. The number of hydrogen-bond donors (Lipinski definition) is 2. The number of pyridine rings is 1. The van der Waals surface area contributed by atoms with E-state index in [4.69, 9.17) is 23.7 Å². The highest BCUT2D eigenvalue weighted by Gasteiger charge is 2.31. The number of benzene rings is 3. The van der Waals surface area contributed by atoms with Gasteiger partial charge in [-0.05, 0) is 79.3 Å². The summed E-state index contributed by atoms with van der Waals surface area (Å²) in [5.41, 5.74) is 4.27. The van der Waals surface area contributed by atoms with Crippen molar-refractivity contribution < 1.29 is 46.4 Å². The largest absolute Gasteiger partial charge is 0.494 e. The number of carbonyl (C=O) groups excluding carboxylic acids is 2. The molecule has 4 bridgehead atoms. The number of hydrogen-bond acceptors (Lipinski definition) is 9. The van der Waals surface area contributed by atoms with Gasteiger partial charge in [-0.3, -0.25) is 4.79 Å². The Morgan fingerprint density at radius 2 is 1.82 bits per heavy atom. The molecule has 2 aliphatic rings. The molecule has 3 aromatic carbocycles. The van der Waals surface area contributed by atoms with Crippen LogP contribution in [-0.2, 0) is 39.9 Å². The number of methoxy groups -OCH3 is 2. The zero-order valence-corrected chi connectivity index (χ0v) is 28.4. The first-order valence-electron chi connectivity index (χ1n) is 16.5. The van der Waals surface area contributed by atoms with Gasteiger partial charge in [0.15, 0.2) is 0 Å². The molecule has 1 aromatic heterocycles. The van der Waals surface area contributed by atoms with Crippen molar-refractivity contribution in [3.63, 3.8) is 0 Å². The number of anilines is 2. The third-order valence-corrected chi connectivity index (χ3v) is 8.84. The standard InChI is InChI=1S/C38H38F3N3O7/c1-22-14-25(18-34(45)44-36-31(42-20-28-11-13-49-28)16-26(37(46)48-3)17-33(36)47-2)32-19-29(22)30-7-4-8-35(43-30)51-21-24-9-10-27(38(39,40)41)15-23(24)6-5-12-50-32/h4,7-10,14-17,19,28,42H,5-6,11-13,18,20-21H2,1-3H3,(H,44,45)/t28-/m0/s1. The first-order chi connectivity index (χ1) is 24.5. The second-order valence-electron chi connectivity index (χ2n) is 12.3. The minimum atomic E-state index is -4.48. The van der Waals surface area contributed by atoms with E-state index in [1.807, 2.05) is 25.1 Å². The maximum absolute atomic E-state index is 13.7. The summed E-state index contributed by atoms with van der Waals surface area (Å²) in [5.74, 6) is 0.0775. The van der Waals surface area contributed by atoms with E-state index in [2.05, 4.69) is 15.6 Å². The van der Waals surface area contributed by atoms with Crippen LogP contribution in [0.25, 0.3) is 11.3 Å². The number of halogens is 3. The van der Waals surface area contributed by atoms with Gasteiger partial charge in [-0.1, -0.05) is 18.2 Å². The predicted molar refractivity (Wildman–Crippen MR) is 184 cm³/mol. The highest BCUT2D eigenvalue weighted by molar-refractivity contribution is 6.00. The van der Waals surface area contributed by atoms with E-state index in [-0.39, 0.29) is 43.0 Å². The average Bonchev–Trinajstić information content (AvgIpc) is 3.08. The van der Waals surface area contributed by atoms with Crippen molar-refractivity contribution in [2.45, 2.75) is 51.5 Å². The Hall–Kier alpha value is -5.30. The monoisotopic (exact) mass is 705 g/mol. The van der Waals surface area contributed by atoms with Crippen LogP contribution in [-0.4, -0.2) is 56.9 Å². The van der Waals surface area contributed by atoms with E-state index in [0.29, 0.717) is 71.4 Å². The molecule has 51 heavy (non-hydrogen) atoms. The summed E-state index contributed by atoms with van der Waals surface area (Å²) in [7, 11) is 2.72. The summed E-state index contributed by atoms with van der Waals surface area (Å²) in [4.78, 5) is 30.8. The smallest absolute Gasteiger partial charge is 0.416 e. The summed E-state index contributed by atoms with van der Waals surface area (Å²) in [6.07, 6.45) is -2.96. The first kappa shape index (κ1) is 35.5. The molecule has 4 aromatic rings. The number of aromatic nitrogens is 1. The lowest BCUT2D eigenvalue weighted by Gasteiger charge is -2.27. The van der Waals surface area contributed by atoms with Crippen LogP contribution in [0.1, 0.15) is 51.0 Å². The van der Waals surface area contributed by atoms with E-state index in [9.17, 15) is 22.8 Å². The van der Waals surface area contributed by atoms with Crippen molar-refractivity contribution in [2.75, 3.05) is 44.6 Å². The SMILES string of the molecule is COC(=O)c1cc(NC[C@@H]2CCO2)c(NC(=O)Cc2cc(C)c3cc2OCCCc2cc(C(F)(F)F)ccc2COc2cccc-3n2)c(OC)c1.